The number of carbonyl (C=O) groups excluding carboxylic acids is 1. The molecule has 1 amide bonds. The lowest BCUT2D eigenvalue weighted by Crippen LogP contribution is -2.31. The predicted octanol–water partition coefficient (Wildman–Crippen LogP) is 6.18. The van der Waals surface area contributed by atoms with E-state index >= 15 is 0 Å². The summed E-state index contributed by atoms with van der Waals surface area (Å²) in [6, 6.07) is 8.35. The maximum Gasteiger partial charge on any atom is 0.251 e. The molecule has 2 aromatic carbocycles. The minimum Gasteiger partial charge on any atom is -0.503 e. The number of halogens is 2. The Morgan fingerprint density at radius 3 is 2.56 bits per heavy atom. The largest absolute Gasteiger partial charge is 0.503 e. The van der Waals surface area contributed by atoms with E-state index in [0.29, 0.717) is 24.4 Å². The van der Waals surface area contributed by atoms with Gasteiger partial charge in [-0.1, -0.05) is 12.1 Å². The van der Waals surface area contributed by atoms with Gasteiger partial charge >= 0.3 is 0 Å². The van der Waals surface area contributed by atoms with Gasteiger partial charge in [-0.15, -0.1) is 11.3 Å². The van der Waals surface area contributed by atoms with Gasteiger partial charge in [0.15, 0.2) is 17.4 Å². The molecule has 2 aliphatic rings. The lowest BCUT2D eigenvalue weighted by molar-refractivity contribution is 0.0940. The average molecular weight is 509 g/mol. The molecule has 36 heavy (non-hydrogen) atoms. The molecule has 2 aliphatic carbocycles. The van der Waals surface area contributed by atoms with Crippen molar-refractivity contribution in [2.24, 2.45) is 5.92 Å². The molecule has 6 nitrogen and oxygen atoms in total. The molecule has 0 spiro atoms. The molecule has 0 saturated heterocycles. The standard InChI is InChI=1S/C27H26F2N4O2S/c28-21-9-19(10-22(29)25(21)34)26(35)30-12-15-1-7-20(8-2-15)33-14-18-6-5-17(11-23(18)32-33)27-31-13-24(36-27)16-3-4-16/h5-6,9-11,13-16,20,34H,1-4,7-8,12H2,(H,30,35). The highest BCUT2D eigenvalue weighted by Crippen LogP contribution is 2.44. The normalized spacial score (nSPS) is 20.1. The number of rotatable bonds is 6. The summed E-state index contributed by atoms with van der Waals surface area (Å²) >= 11 is 1.78. The van der Waals surface area contributed by atoms with E-state index in [1.165, 1.54) is 17.7 Å². The van der Waals surface area contributed by atoms with Crippen LogP contribution in [0.1, 0.15) is 65.7 Å². The fourth-order valence-electron chi connectivity index (χ4n) is 4.98. The topological polar surface area (TPSA) is 80.0 Å². The van der Waals surface area contributed by atoms with Crippen LogP contribution < -0.4 is 5.32 Å². The van der Waals surface area contributed by atoms with Gasteiger partial charge in [-0.2, -0.15) is 5.10 Å². The van der Waals surface area contributed by atoms with Crippen LogP contribution in [0.3, 0.4) is 0 Å². The van der Waals surface area contributed by atoms with Crippen LogP contribution in [0.15, 0.2) is 42.7 Å². The molecule has 4 aromatic rings. The number of phenols is 1. The fraction of sp³-hybridized carbons (Fsp3) is 0.370. The number of carbonyl (C=O) groups is 1. The number of hydrogen-bond donors (Lipinski definition) is 2. The SMILES string of the molecule is O=C(NCC1CCC(n2cc3ccc(-c4ncc(C5CC5)s4)cc3n2)CC1)c1cc(F)c(O)c(F)c1. The Hall–Kier alpha value is -3.33. The van der Waals surface area contributed by atoms with Crippen molar-refractivity contribution in [2.75, 3.05) is 6.54 Å². The van der Waals surface area contributed by atoms with Crippen LogP contribution in [0.25, 0.3) is 21.5 Å². The molecule has 2 saturated carbocycles. The summed E-state index contributed by atoms with van der Waals surface area (Å²) < 4.78 is 29.1. The van der Waals surface area contributed by atoms with Crippen molar-refractivity contribution in [3.8, 4) is 16.3 Å². The van der Waals surface area contributed by atoms with E-state index in [1.54, 1.807) is 11.3 Å². The van der Waals surface area contributed by atoms with Crippen LogP contribution in [0, 0.1) is 17.6 Å². The van der Waals surface area contributed by atoms with Crippen molar-refractivity contribution in [2.45, 2.75) is 50.5 Å². The van der Waals surface area contributed by atoms with Gasteiger partial charge in [0, 0.05) is 40.3 Å². The van der Waals surface area contributed by atoms with Crippen LogP contribution in [0.2, 0.25) is 0 Å². The Labute approximate surface area is 211 Å². The average Bonchev–Trinajstić information content (AvgIpc) is 3.45. The summed E-state index contributed by atoms with van der Waals surface area (Å²) in [7, 11) is 0. The third-order valence-electron chi connectivity index (χ3n) is 7.30. The molecule has 0 bridgehead atoms. The van der Waals surface area contributed by atoms with E-state index in [-0.39, 0.29) is 5.56 Å². The summed E-state index contributed by atoms with van der Waals surface area (Å²) in [6.45, 7) is 0.441. The molecule has 0 atom stereocenters. The molecule has 9 heteroatoms. The smallest absolute Gasteiger partial charge is 0.251 e. The Balaban J connectivity index is 1.06. The van der Waals surface area contributed by atoms with E-state index in [4.69, 9.17) is 5.10 Å². The van der Waals surface area contributed by atoms with Gasteiger partial charge in [0.25, 0.3) is 5.91 Å². The van der Waals surface area contributed by atoms with E-state index in [9.17, 15) is 18.7 Å². The quantitative estimate of drug-likeness (QED) is 0.326. The molecule has 2 aromatic heterocycles. The summed E-state index contributed by atoms with van der Waals surface area (Å²) in [5, 5.41) is 19.0. The van der Waals surface area contributed by atoms with Crippen molar-refractivity contribution >= 4 is 28.1 Å². The number of aromatic nitrogens is 3. The molecule has 186 valence electrons. The maximum atomic E-state index is 13.5. The molecular weight excluding hydrogens is 482 g/mol. The molecule has 2 N–H and O–H groups in total. The van der Waals surface area contributed by atoms with E-state index in [2.05, 4.69) is 39.4 Å². The second kappa shape index (κ2) is 9.28. The Bertz CT molecular complexity index is 1410. The first-order chi connectivity index (χ1) is 17.4. The molecule has 6 rings (SSSR count). The highest BCUT2D eigenvalue weighted by atomic mass is 32.1. The second-order valence-corrected chi connectivity index (χ2v) is 11.0. The van der Waals surface area contributed by atoms with E-state index in [1.807, 2.05) is 6.20 Å². The number of aromatic hydroxyl groups is 1. The van der Waals surface area contributed by atoms with Crippen molar-refractivity contribution in [3.63, 3.8) is 0 Å². The highest BCUT2D eigenvalue weighted by Gasteiger charge is 2.26. The monoisotopic (exact) mass is 508 g/mol. The van der Waals surface area contributed by atoms with E-state index < -0.39 is 23.3 Å². The summed E-state index contributed by atoms with van der Waals surface area (Å²) in [4.78, 5) is 18.3. The molecule has 0 aliphatic heterocycles. The maximum absolute atomic E-state index is 13.5. The number of nitrogens with one attached hydrogen (secondary N) is 1. The first-order valence-electron chi connectivity index (χ1n) is 12.4. The molecule has 0 unspecified atom stereocenters. The summed E-state index contributed by atoms with van der Waals surface area (Å²) in [5.74, 6) is -2.91. The molecule has 2 heterocycles. The van der Waals surface area contributed by atoms with Crippen molar-refractivity contribution in [1.82, 2.24) is 20.1 Å². The van der Waals surface area contributed by atoms with Gasteiger partial charge in [-0.25, -0.2) is 13.8 Å². The number of nitrogens with zero attached hydrogens (tertiary/aromatic N) is 3. The lowest BCUT2D eigenvalue weighted by Gasteiger charge is -2.28. The fourth-order valence-corrected chi connectivity index (χ4v) is 6.06. The van der Waals surface area contributed by atoms with Gasteiger partial charge in [-0.05, 0) is 68.6 Å². The minimum absolute atomic E-state index is 0.138. The van der Waals surface area contributed by atoms with Gasteiger partial charge < -0.3 is 10.4 Å². The minimum atomic E-state index is -1.14. The molecule has 0 radical (unpaired) electrons. The number of benzene rings is 2. The third kappa shape index (κ3) is 4.59. The van der Waals surface area contributed by atoms with Crippen molar-refractivity contribution in [3.05, 3.63) is 64.8 Å². The van der Waals surface area contributed by atoms with Gasteiger partial charge in [0.05, 0.1) is 11.6 Å². The number of phenolic OH excluding ortho intramolecular Hbond substituents is 1. The zero-order valence-electron chi connectivity index (χ0n) is 19.6. The molecular formula is C27H26F2N4O2S. The second-order valence-electron chi connectivity index (χ2n) is 9.90. The van der Waals surface area contributed by atoms with E-state index in [0.717, 1.165) is 59.3 Å². The highest BCUT2D eigenvalue weighted by molar-refractivity contribution is 7.15. The first-order valence-corrected chi connectivity index (χ1v) is 13.2. The predicted molar refractivity (Wildman–Crippen MR) is 134 cm³/mol. The lowest BCUT2D eigenvalue weighted by atomic mass is 9.86. The Morgan fingerprint density at radius 1 is 1.08 bits per heavy atom. The zero-order valence-corrected chi connectivity index (χ0v) is 20.4. The van der Waals surface area contributed by atoms with Crippen molar-refractivity contribution < 1.29 is 18.7 Å². The molecule has 2 fully saturated rings. The summed E-state index contributed by atoms with van der Waals surface area (Å²) in [5.41, 5.74) is 1.94. The van der Waals surface area contributed by atoms with Gasteiger partial charge in [0.1, 0.15) is 5.01 Å². The van der Waals surface area contributed by atoms with Crippen LogP contribution >= 0.6 is 11.3 Å². The number of amides is 1. The van der Waals surface area contributed by atoms with Crippen molar-refractivity contribution in [1.29, 1.82) is 0 Å². The van der Waals surface area contributed by atoms with Crippen LogP contribution in [0.4, 0.5) is 8.78 Å². The van der Waals surface area contributed by atoms with Crippen LogP contribution in [-0.2, 0) is 0 Å². The Morgan fingerprint density at radius 2 is 1.83 bits per heavy atom. The zero-order chi connectivity index (χ0) is 24.8. The third-order valence-corrected chi connectivity index (χ3v) is 8.50. The number of fused-ring (bicyclic) bond motifs is 1. The Kier molecular flexibility index (Phi) is 5.95. The van der Waals surface area contributed by atoms with Gasteiger partial charge in [-0.3, -0.25) is 9.48 Å². The number of thiazole rings is 1. The number of hydrogen-bond acceptors (Lipinski definition) is 5. The van der Waals surface area contributed by atoms with Crippen LogP contribution in [-0.4, -0.2) is 32.3 Å². The van der Waals surface area contributed by atoms with Crippen LogP contribution in [0.5, 0.6) is 5.75 Å². The van der Waals surface area contributed by atoms with Gasteiger partial charge in [0.2, 0.25) is 0 Å². The first kappa shape index (κ1) is 23.1. The summed E-state index contributed by atoms with van der Waals surface area (Å²) in [6.07, 6.45) is 10.4.